The summed E-state index contributed by atoms with van der Waals surface area (Å²) in [6, 6.07) is 8.14. The highest BCUT2D eigenvalue weighted by molar-refractivity contribution is 5.89. The van der Waals surface area contributed by atoms with Crippen LogP contribution in [0.2, 0.25) is 0 Å². The van der Waals surface area contributed by atoms with Gasteiger partial charge in [0.15, 0.2) is 0 Å². The van der Waals surface area contributed by atoms with Crippen LogP contribution >= 0.6 is 0 Å². The fraction of sp³-hybridized carbons (Fsp3) is 0.500. The highest BCUT2D eigenvalue weighted by Crippen LogP contribution is 2.21. The van der Waals surface area contributed by atoms with Crippen molar-refractivity contribution in [2.75, 3.05) is 6.54 Å². The van der Waals surface area contributed by atoms with Gasteiger partial charge >= 0.3 is 0 Å². The van der Waals surface area contributed by atoms with Gasteiger partial charge in [0.2, 0.25) is 5.91 Å². The molecule has 0 saturated heterocycles. The molecule has 0 aliphatic carbocycles. The zero-order valence-electron chi connectivity index (χ0n) is 13.7. The van der Waals surface area contributed by atoms with E-state index in [1.807, 2.05) is 12.1 Å². The monoisotopic (exact) mass is 302 g/mol. The van der Waals surface area contributed by atoms with E-state index in [2.05, 4.69) is 49.0 Å². The molecule has 0 saturated carbocycles. The first-order chi connectivity index (χ1) is 10.5. The molecule has 120 valence electrons. The molecular weight excluding hydrogens is 276 g/mol. The molecule has 2 N–H and O–H groups in total. The van der Waals surface area contributed by atoms with Gasteiger partial charge in [0.1, 0.15) is 0 Å². The van der Waals surface area contributed by atoms with Gasteiger partial charge < -0.3 is 15.0 Å². The number of amides is 1. The molecule has 4 nitrogen and oxygen atoms in total. The summed E-state index contributed by atoms with van der Waals surface area (Å²) in [5, 5.41) is 13.8. The van der Waals surface area contributed by atoms with Crippen LogP contribution in [0.3, 0.4) is 0 Å². The molecule has 1 aromatic carbocycles. The van der Waals surface area contributed by atoms with Crippen LogP contribution < -0.4 is 5.32 Å². The lowest BCUT2D eigenvalue weighted by Gasteiger charge is -2.13. The van der Waals surface area contributed by atoms with E-state index in [9.17, 15) is 9.90 Å². The molecule has 2 rings (SSSR count). The molecule has 22 heavy (non-hydrogen) atoms. The number of carbonyl (C=O) groups excluding carboxylic acids is 1. The Morgan fingerprint density at radius 1 is 1.32 bits per heavy atom. The number of aryl methyl sites for hydroxylation is 1. The van der Waals surface area contributed by atoms with Crippen molar-refractivity contribution in [3.05, 3.63) is 36.0 Å². The normalized spacial score (nSPS) is 12.8. The van der Waals surface area contributed by atoms with Gasteiger partial charge in [-0.3, -0.25) is 4.79 Å². The summed E-state index contributed by atoms with van der Waals surface area (Å²) in [4.78, 5) is 12.1. The number of hydrogen-bond acceptors (Lipinski definition) is 2. The average Bonchev–Trinajstić information content (AvgIpc) is 2.83. The predicted molar refractivity (Wildman–Crippen MR) is 89.8 cm³/mol. The SMILES string of the molecule is CCn1cc(CC(=O)NCC(O)CC(C)C)c2ccccc21. The van der Waals surface area contributed by atoms with Crippen molar-refractivity contribution in [1.29, 1.82) is 0 Å². The van der Waals surface area contributed by atoms with Crippen LogP contribution in [0.5, 0.6) is 0 Å². The van der Waals surface area contributed by atoms with Crippen LogP contribution in [-0.4, -0.2) is 28.2 Å². The third-order valence-electron chi connectivity index (χ3n) is 3.84. The lowest BCUT2D eigenvalue weighted by atomic mass is 10.1. The van der Waals surface area contributed by atoms with E-state index in [0.717, 1.165) is 23.0 Å². The molecule has 1 heterocycles. The summed E-state index contributed by atoms with van der Waals surface area (Å²) < 4.78 is 2.16. The van der Waals surface area contributed by atoms with Crippen LogP contribution in [0.1, 0.15) is 32.8 Å². The molecule has 0 aliphatic rings. The van der Waals surface area contributed by atoms with Gasteiger partial charge in [0.05, 0.1) is 12.5 Å². The van der Waals surface area contributed by atoms with Gasteiger partial charge in [-0.1, -0.05) is 32.0 Å². The summed E-state index contributed by atoms with van der Waals surface area (Å²) in [5.74, 6) is 0.385. The van der Waals surface area contributed by atoms with Crippen LogP contribution in [0.4, 0.5) is 0 Å². The molecular formula is C18H26N2O2. The number of aliphatic hydroxyl groups is 1. The molecule has 1 aromatic heterocycles. The van der Waals surface area contributed by atoms with E-state index in [1.54, 1.807) is 0 Å². The standard InChI is InChI=1S/C18H26N2O2/c1-4-20-12-14(16-7-5-6-8-17(16)20)10-18(22)19-11-15(21)9-13(2)3/h5-8,12-13,15,21H,4,9-11H2,1-3H3,(H,19,22). The number of benzene rings is 1. The molecule has 2 aromatic rings. The summed E-state index contributed by atoms with van der Waals surface area (Å²) in [7, 11) is 0. The van der Waals surface area contributed by atoms with Crippen molar-refractivity contribution in [3.63, 3.8) is 0 Å². The summed E-state index contributed by atoms with van der Waals surface area (Å²) in [5.41, 5.74) is 2.20. The number of para-hydroxylation sites is 1. The third kappa shape index (κ3) is 4.10. The largest absolute Gasteiger partial charge is 0.391 e. The second-order valence-corrected chi connectivity index (χ2v) is 6.22. The van der Waals surface area contributed by atoms with E-state index >= 15 is 0 Å². The minimum absolute atomic E-state index is 0.0400. The highest BCUT2D eigenvalue weighted by Gasteiger charge is 2.13. The number of nitrogens with zero attached hydrogens (tertiary/aromatic N) is 1. The van der Waals surface area contributed by atoms with Crippen LogP contribution in [0, 0.1) is 5.92 Å². The Balaban J connectivity index is 2.00. The lowest BCUT2D eigenvalue weighted by Crippen LogP contribution is -2.33. The van der Waals surface area contributed by atoms with Gasteiger partial charge in [-0.05, 0) is 30.9 Å². The molecule has 4 heteroatoms. The molecule has 0 spiro atoms. The second kappa shape index (κ2) is 7.45. The number of aliphatic hydroxyl groups excluding tert-OH is 1. The molecule has 1 amide bonds. The summed E-state index contributed by atoms with van der Waals surface area (Å²) >= 11 is 0. The first-order valence-corrected chi connectivity index (χ1v) is 8.02. The van der Waals surface area contributed by atoms with Gasteiger partial charge in [-0.15, -0.1) is 0 Å². The number of hydrogen-bond donors (Lipinski definition) is 2. The van der Waals surface area contributed by atoms with Crippen molar-refractivity contribution in [3.8, 4) is 0 Å². The molecule has 0 bridgehead atoms. The number of aromatic nitrogens is 1. The Morgan fingerprint density at radius 2 is 2.05 bits per heavy atom. The minimum atomic E-state index is -0.471. The number of nitrogens with one attached hydrogen (secondary N) is 1. The minimum Gasteiger partial charge on any atom is -0.391 e. The average molecular weight is 302 g/mol. The maximum Gasteiger partial charge on any atom is 0.224 e. The predicted octanol–water partition coefficient (Wildman–Crippen LogP) is 2.73. The van der Waals surface area contributed by atoms with Gasteiger partial charge in [-0.25, -0.2) is 0 Å². The molecule has 1 unspecified atom stereocenters. The Morgan fingerprint density at radius 3 is 2.73 bits per heavy atom. The van der Waals surface area contributed by atoms with E-state index in [1.165, 1.54) is 0 Å². The third-order valence-corrected chi connectivity index (χ3v) is 3.84. The Hall–Kier alpha value is -1.81. The topological polar surface area (TPSA) is 54.3 Å². The second-order valence-electron chi connectivity index (χ2n) is 6.22. The summed E-state index contributed by atoms with van der Waals surface area (Å²) in [6.07, 6.45) is 2.63. The van der Waals surface area contributed by atoms with E-state index in [-0.39, 0.29) is 5.91 Å². The van der Waals surface area contributed by atoms with E-state index in [4.69, 9.17) is 0 Å². The lowest BCUT2D eigenvalue weighted by molar-refractivity contribution is -0.120. The molecule has 0 aliphatic heterocycles. The smallest absolute Gasteiger partial charge is 0.224 e. The zero-order valence-corrected chi connectivity index (χ0v) is 13.7. The number of carbonyl (C=O) groups is 1. The van der Waals surface area contributed by atoms with Crippen LogP contribution in [0.25, 0.3) is 10.9 Å². The van der Waals surface area contributed by atoms with Crippen molar-refractivity contribution in [1.82, 2.24) is 9.88 Å². The first kappa shape index (κ1) is 16.6. The Bertz CT molecular complexity index is 631. The number of rotatable bonds is 7. The first-order valence-electron chi connectivity index (χ1n) is 8.02. The fourth-order valence-corrected chi connectivity index (χ4v) is 2.82. The van der Waals surface area contributed by atoms with Crippen LogP contribution in [-0.2, 0) is 17.8 Å². The molecule has 1 atom stereocenters. The maximum atomic E-state index is 12.1. The van der Waals surface area contributed by atoms with Crippen molar-refractivity contribution >= 4 is 16.8 Å². The maximum absolute atomic E-state index is 12.1. The van der Waals surface area contributed by atoms with Gasteiger partial charge in [-0.2, -0.15) is 0 Å². The van der Waals surface area contributed by atoms with Gasteiger partial charge in [0.25, 0.3) is 0 Å². The van der Waals surface area contributed by atoms with Crippen LogP contribution in [0.15, 0.2) is 30.5 Å². The zero-order chi connectivity index (χ0) is 16.1. The van der Waals surface area contributed by atoms with E-state index in [0.29, 0.717) is 25.3 Å². The highest BCUT2D eigenvalue weighted by atomic mass is 16.3. The van der Waals surface area contributed by atoms with Gasteiger partial charge in [0, 0.05) is 30.2 Å². The quantitative estimate of drug-likeness (QED) is 0.826. The fourth-order valence-electron chi connectivity index (χ4n) is 2.82. The Labute approximate surface area is 132 Å². The molecule has 0 radical (unpaired) electrons. The van der Waals surface area contributed by atoms with Crippen molar-refractivity contribution in [2.24, 2.45) is 5.92 Å². The summed E-state index contributed by atoms with van der Waals surface area (Å²) in [6.45, 7) is 7.42. The van der Waals surface area contributed by atoms with Crippen molar-refractivity contribution in [2.45, 2.75) is 46.3 Å². The number of fused-ring (bicyclic) bond motifs is 1. The molecule has 0 fully saturated rings. The van der Waals surface area contributed by atoms with E-state index < -0.39 is 6.10 Å². The van der Waals surface area contributed by atoms with Crippen molar-refractivity contribution < 1.29 is 9.90 Å². The Kier molecular flexibility index (Phi) is 5.61.